The summed E-state index contributed by atoms with van der Waals surface area (Å²) in [6.07, 6.45) is -3.18. The Morgan fingerprint density at radius 2 is 1.87 bits per heavy atom. The summed E-state index contributed by atoms with van der Waals surface area (Å²) in [5.41, 5.74) is 1.52. The van der Waals surface area contributed by atoms with E-state index in [2.05, 4.69) is 6.58 Å². The Kier molecular flexibility index (Phi) is 6.29. The van der Waals surface area contributed by atoms with Gasteiger partial charge in [-0.05, 0) is 24.5 Å². The number of rotatable bonds is 4. The quantitative estimate of drug-likeness (QED) is 0.241. The summed E-state index contributed by atoms with van der Waals surface area (Å²) in [6, 6.07) is 0. The second-order valence-electron chi connectivity index (χ2n) is 8.17. The van der Waals surface area contributed by atoms with Crippen LogP contribution in [0.5, 0.6) is 0 Å². The summed E-state index contributed by atoms with van der Waals surface area (Å²) in [5, 5.41) is 39.3. The number of hydrogen-bond donors (Lipinski definition) is 4. The van der Waals surface area contributed by atoms with Gasteiger partial charge >= 0.3 is 11.9 Å². The van der Waals surface area contributed by atoms with E-state index < -0.39 is 67.4 Å². The fraction of sp³-hybridized carbons (Fsp3) is 0.619. The Balaban J connectivity index is 1.52. The number of carbonyl (C=O) groups is 2. The van der Waals surface area contributed by atoms with Crippen molar-refractivity contribution in [3.63, 3.8) is 0 Å². The van der Waals surface area contributed by atoms with Crippen LogP contribution in [0.2, 0.25) is 0 Å². The van der Waals surface area contributed by atoms with Gasteiger partial charge in [0.25, 0.3) is 0 Å². The molecule has 10 nitrogen and oxygen atoms in total. The third-order valence-electron chi connectivity index (χ3n) is 6.14. The summed E-state index contributed by atoms with van der Waals surface area (Å²) in [7, 11) is 0. The number of esters is 2. The Hall–Kier alpha value is -2.08. The van der Waals surface area contributed by atoms with E-state index in [9.17, 15) is 30.0 Å². The van der Waals surface area contributed by atoms with Gasteiger partial charge in [0.1, 0.15) is 36.6 Å². The Morgan fingerprint density at radius 1 is 1.10 bits per heavy atom. The predicted octanol–water partition coefficient (Wildman–Crippen LogP) is -1.14. The molecule has 1 aliphatic carbocycles. The van der Waals surface area contributed by atoms with Crippen LogP contribution < -0.4 is 0 Å². The summed E-state index contributed by atoms with van der Waals surface area (Å²) in [6.45, 7) is 3.21. The predicted molar refractivity (Wildman–Crippen MR) is 102 cm³/mol. The van der Waals surface area contributed by atoms with Crippen LogP contribution in [0.3, 0.4) is 0 Å². The van der Waals surface area contributed by atoms with Crippen LogP contribution in [-0.2, 0) is 28.5 Å². The van der Waals surface area contributed by atoms with E-state index in [-0.39, 0.29) is 12.2 Å². The first-order valence-electron chi connectivity index (χ1n) is 10.2. The van der Waals surface area contributed by atoms with Crippen molar-refractivity contribution in [1.82, 2.24) is 0 Å². The number of allylic oxidation sites excluding steroid dienone is 1. The molecule has 0 saturated carbocycles. The minimum absolute atomic E-state index is 0.0292. The van der Waals surface area contributed by atoms with E-state index in [0.717, 1.165) is 5.57 Å². The van der Waals surface area contributed by atoms with Crippen LogP contribution in [0.1, 0.15) is 19.3 Å². The molecule has 31 heavy (non-hydrogen) atoms. The molecule has 170 valence electrons. The average Bonchev–Trinajstić information content (AvgIpc) is 3.23. The maximum absolute atomic E-state index is 12.1. The molecule has 0 unspecified atom stereocenters. The van der Waals surface area contributed by atoms with Crippen LogP contribution in [0, 0.1) is 5.92 Å². The maximum Gasteiger partial charge on any atom is 0.334 e. The van der Waals surface area contributed by atoms with Crippen molar-refractivity contribution in [3.8, 4) is 0 Å². The lowest BCUT2D eigenvalue weighted by Gasteiger charge is -2.39. The molecule has 3 saturated heterocycles. The Bertz CT molecular complexity index is 815. The highest BCUT2D eigenvalue weighted by Gasteiger charge is 2.48. The Morgan fingerprint density at radius 3 is 2.61 bits per heavy atom. The zero-order valence-electron chi connectivity index (χ0n) is 16.8. The molecule has 0 aromatic carbocycles. The standard InChI is InChI=1S/C21H26O10/c1-9-15-12(29-19(9)26)5-10(3-2-4-11-6-13(15)30-20(11)27)8-28-21-18(25)17(24)16(23)14(7-22)31-21/h4-5,12-18,21-25H,1-3,6-8H2/b10-5-,11-4?/t12-,13+,14-,15+,16-,17+,18-,21-/m1/s1. The Labute approximate surface area is 178 Å². The highest BCUT2D eigenvalue weighted by Crippen LogP contribution is 2.39. The average molecular weight is 438 g/mol. The van der Waals surface area contributed by atoms with Gasteiger partial charge in [0.15, 0.2) is 6.29 Å². The van der Waals surface area contributed by atoms with Gasteiger partial charge in [-0.15, -0.1) is 0 Å². The van der Waals surface area contributed by atoms with E-state index in [1.807, 2.05) is 0 Å². The second kappa shape index (κ2) is 8.81. The zero-order chi connectivity index (χ0) is 22.3. The minimum atomic E-state index is -1.54. The summed E-state index contributed by atoms with van der Waals surface area (Å²) >= 11 is 0. The smallest absolute Gasteiger partial charge is 0.334 e. The first-order chi connectivity index (χ1) is 14.8. The van der Waals surface area contributed by atoms with Crippen LogP contribution >= 0.6 is 0 Å². The highest BCUT2D eigenvalue weighted by molar-refractivity contribution is 5.93. The van der Waals surface area contributed by atoms with E-state index in [1.165, 1.54) is 0 Å². The molecule has 3 heterocycles. The molecule has 0 spiro atoms. The maximum atomic E-state index is 12.1. The lowest BCUT2D eigenvalue weighted by Crippen LogP contribution is -2.59. The molecule has 0 aromatic heterocycles. The summed E-state index contributed by atoms with van der Waals surface area (Å²) in [4.78, 5) is 24.3. The van der Waals surface area contributed by atoms with Gasteiger partial charge in [-0.3, -0.25) is 0 Å². The molecule has 0 aromatic rings. The van der Waals surface area contributed by atoms with Crippen molar-refractivity contribution in [2.24, 2.45) is 5.92 Å². The molecule has 4 aliphatic rings. The molecular weight excluding hydrogens is 412 g/mol. The SMILES string of the molecule is C=C1C(=O)O[C@@H]2/C=C(\CO[C@@H]3O[C@H](CO)[C@@H](O)[C@H](O)[C@H]3O)CCC=C3C[C@H](OC3=O)[C@@H]12. The topological polar surface area (TPSA) is 152 Å². The van der Waals surface area contributed by atoms with Crippen LogP contribution in [-0.4, -0.2) is 88.5 Å². The fourth-order valence-corrected chi connectivity index (χ4v) is 4.36. The first-order valence-corrected chi connectivity index (χ1v) is 10.2. The van der Waals surface area contributed by atoms with Crippen molar-refractivity contribution >= 4 is 11.9 Å². The number of carbonyl (C=O) groups excluding carboxylic acids is 2. The number of aliphatic hydroxyl groups is 4. The first kappa shape index (κ1) is 22.1. The van der Waals surface area contributed by atoms with Gasteiger partial charge < -0.3 is 39.4 Å². The number of ether oxygens (including phenoxy) is 4. The summed E-state index contributed by atoms with van der Waals surface area (Å²) in [5.74, 6) is -1.46. The van der Waals surface area contributed by atoms with Crippen molar-refractivity contribution < 1.29 is 49.0 Å². The third-order valence-corrected chi connectivity index (χ3v) is 6.14. The molecular formula is C21H26O10. The number of hydrogen-bond acceptors (Lipinski definition) is 10. The molecule has 4 N–H and O–H groups in total. The molecule has 3 aliphatic heterocycles. The van der Waals surface area contributed by atoms with Crippen LogP contribution in [0.25, 0.3) is 0 Å². The molecule has 8 atom stereocenters. The molecule has 10 heteroatoms. The molecule has 0 radical (unpaired) electrons. The molecule has 3 fully saturated rings. The van der Waals surface area contributed by atoms with Crippen molar-refractivity contribution in [2.75, 3.05) is 13.2 Å². The van der Waals surface area contributed by atoms with Gasteiger partial charge in [-0.1, -0.05) is 12.7 Å². The lowest BCUT2D eigenvalue weighted by molar-refractivity contribution is -0.299. The van der Waals surface area contributed by atoms with Crippen molar-refractivity contribution in [2.45, 2.75) is 62.2 Å². The van der Waals surface area contributed by atoms with Gasteiger partial charge in [-0.25, -0.2) is 9.59 Å². The third kappa shape index (κ3) is 4.19. The molecule has 0 amide bonds. The van der Waals surface area contributed by atoms with E-state index in [4.69, 9.17) is 18.9 Å². The van der Waals surface area contributed by atoms with Crippen LogP contribution in [0.4, 0.5) is 0 Å². The molecule has 4 rings (SSSR count). The van der Waals surface area contributed by atoms with E-state index in [0.29, 0.717) is 24.8 Å². The van der Waals surface area contributed by atoms with Gasteiger partial charge in [-0.2, -0.15) is 0 Å². The van der Waals surface area contributed by atoms with Gasteiger partial charge in [0.05, 0.1) is 19.1 Å². The van der Waals surface area contributed by atoms with E-state index in [1.54, 1.807) is 12.2 Å². The lowest BCUT2D eigenvalue weighted by atomic mass is 9.86. The van der Waals surface area contributed by atoms with Gasteiger partial charge in [0, 0.05) is 17.6 Å². The minimum Gasteiger partial charge on any atom is -0.458 e. The zero-order valence-corrected chi connectivity index (χ0v) is 16.8. The molecule has 2 bridgehead atoms. The van der Waals surface area contributed by atoms with Gasteiger partial charge in [0.2, 0.25) is 0 Å². The van der Waals surface area contributed by atoms with E-state index >= 15 is 0 Å². The summed E-state index contributed by atoms with van der Waals surface area (Å²) < 4.78 is 21.9. The fourth-order valence-electron chi connectivity index (χ4n) is 4.36. The second-order valence-corrected chi connectivity index (χ2v) is 8.17. The number of fused-ring (bicyclic) bond motifs is 4. The normalized spacial score (nSPS) is 42.3. The largest absolute Gasteiger partial charge is 0.458 e. The van der Waals surface area contributed by atoms with Crippen LogP contribution in [0.15, 0.2) is 35.5 Å². The number of aliphatic hydroxyl groups excluding tert-OH is 4. The van der Waals surface area contributed by atoms with Crippen molar-refractivity contribution in [1.29, 1.82) is 0 Å². The monoisotopic (exact) mass is 438 g/mol. The highest BCUT2D eigenvalue weighted by atomic mass is 16.7. The van der Waals surface area contributed by atoms with Crippen molar-refractivity contribution in [3.05, 3.63) is 35.5 Å².